The number of nitrogens with zero attached hydrogens (tertiary/aromatic N) is 4. The van der Waals surface area contributed by atoms with E-state index >= 15 is 0 Å². The van der Waals surface area contributed by atoms with Gasteiger partial charge < -0.3 is 4.90 Å². The Bertz CT molecular complexity index is 937. The van der Waals surface area contributed by atoms with Crippen LogP contribution in [-0.4, -0.2) is 58.3 Å². The largest absolute Gasteiger partial charge is 0.336 e. The van der Waals surface area contributed by atoms with Crippen molar-refractivity contribution in [2.75, 3.05) is 32.7 Å². The summed E-state index contributed by atoms with van der Waals surface area (Å²) in [6.07, 6.45) is 4.10. The standard InChI is InChI=1S/C20H20N4O5/c25-20(18-9-8-17(23(26)27)15-19(18)24(28)29)22-13-11-21(12-14-22)10-4-7-16-5-2-1-3-6-16/h1-9,15H,10-14H2. The molecule has 0 aliphatic carbocycles. The molecular weight excluding hydrogens is 376 g/mol. The summed E-state index contributed by atoms with van der Waals surface area (Å²) < 4.78 is 0. The number of non-ortho nitro benzene ring substituents is 1. The summed E-state index contributed by atoms with van der Waals surface area (Å²) in [5.41, 5.74) is 0.0329. The highest BCUT2D eigenvalue weighted by Gasteiger charge is 2.29. The summed E-state index contributed by atoms with van der Waals surface area (Å²) in [4.78, 5) is 37.1. The highest BCUT2D eigenvalue weighted by molar-refractivity contribution is 5.98. The Morgan fingerprint density at radius 3 is 2.28 bits per heavy atom. The van der Waals surface area contributed by atoms with Gasteiger partial charge >= 0.3 is 0 Å². The second kappa shape index (κ2) is 9.07. The van der Waals surface area contributed by atoms with Crippen LogP contribution in [0.5, 0.6) is 0 Å². The Hall–Kier alpha value is -3.59. The number of benzene rings is 2. The quantitative estimate of drug-likeness (QED) is 0.548. The van der Waals surface area contributed by atoms with E-state index in [0.29, 0.717) is 26.2 Å². The van der Waals surface area contributed by atoms with Crippen molar-refractivity contribution in [2.45, 2.75) is 0 Å². The highest BCUT2D eigenvalue weighted by atomic mass is 16.6. The molecule has 0 unspecified atom stereocenters. The number of carbonyl (C=O) groups excluding carboxylic acids is 1. The zero-order valence-corrected chi connectivity index (χ0v) is 15.6. The number of nitro benzene ring substituents is 2. The van der Waals surface area contributed by atoms with E-state index in [9.17, 15) is 25.0 Å². The number of rotatable bonds is 6. The molecule has 29 heavy (non-hydrogen) atoms. The van der Waals surface area contributed by atoms with E-state index in [1.807, 2.05) is 36.4 Å². The van der Waals surface area contributed by atoms with Crippen LogP contribution in [0.3, 0.4) is 0 Å². The fourth-order valence-corrected chi connectivity index (χ4v) is 3.17. The molecule has 0 bridgehead atoms. The predicted octanol–water partition coefficient (Wildman–Crippen LogP) is 2.97. The molecule has 1 aliphatic heterocycles. The summed E-state index contributed by atoms with van der Waals surface area (Å²) in [5, 5.41) is 22.1. The third kappa shape index (κ3) is 5.02. The zero-order chi connectivity index (χ0) is 20.8. The maximum atomic E-state index is 12.7. The van der Waals surface area contributed by atoms with Crippen LogP contribution in [0.15, 0.2) is 54.6 Å². The average Bonchev–Trinajstić information content (AvgIpc) is 2.74. The van der Waals surface area contributed by atoms with E-state index < -0.39 is 27.1 Å². The molecule has 2 aromatic carbocycles. The van der Waals surface area contributed by atoms with Gasteiger partial charge in [-0.25, -0.2) is 0 Å². The lowest BCUT2D eigenvalue weighted by molar-refractivity contribution is -0.394. The molecular formula is C20H20N4O5. The minimum absolute atomic E-state index is 0.127. The van der Waals surface area contributed by atoms with Crippen molar-refractivity contribution < 1.29 is 14.6 Å². The average molecular weight is 396 g/mol. The van der Waals surface area contributed by atoms with Crippen LogP contribution >= 0.6 is 0 Å². The molecule has 2 aromatic rings. The van der Waals surface area contributed by atoms with Gasteiger partial charge in [-0.05, 0) is 11.6 Å². The first kappa shape index (κ1) is 20.2. The predicted molar refractivity (Wildman–Crippen MR) is 108 cm³/mol. The number of hydrogen-bond donors (Lipinski definition) is 0. The van der Waals surface area contributed by atoms with Gasteiger partial charge in [-0.15, -0.1) is 0 Å². The maximum absolute atomic E-state index is 12.7. The van der Waals surface area contributed by atoms with Crippen LogP contribution in [0, 0.1) is 20.2 Å². The highest BCUT2D eigenvalue weighted by Crippen LogP contribution is 2.26. The second-order valence-electron chi connectivity index (χ2n) is 6.62. The Labute approximate surface area is 167 Å². The summed E-state index contributed by atoms with van der Waals surface area (Å²) >= 11 is 0. The molecule has 0 N–H and O–H groups in total. The van der Waals surface area contributed by atoms with Crippen molar-refractivity contribution in [3.8, 4) is 0 Å². The van der Waals surface area contributed by atoms with Gasteiger partial charge in [-0.2, -0.15) is 0 Å². The Morgan fingerprint density at radius 1 is 0.966 bits per heavy atom. The van der Waals surface area contributed by atoms with Crippen molar-refractivity contribution in [2.24, 2.45) is 0 Å². The molecule has 9 heteroatoms. The first-order valence-corrected chi connectivity index (χ1v) is 9.12. The molecule has 0 spiro atoms. The lowest BCUT2D eigenvalue weighted by Gasteiger charge is -2.34. The van der Waals surface area contributed by atoms with Gasteiger partial charge in [0.1, 0.15) is 5.56 Å². The maximum Gasteiger partial charge on any atom is 0.289 e. The summed E-state index contributed by atoms with van der Waals surface area (Å²) in [5.74, 6) is -0.480. The molecule has 1 fully saturated rings. The minimum atomic E-state index is -0.759. The van der Waals surface area contributed by atoms with Gasteiger partial charge in [0, 0.05) is 38.8 Å². The summed E-state index contributed by atoms with van der Waals surface area (Å²) in [7, 11) is 0. The summed E-state index contributed by atoms with van der Waals surface area (Å²) in [6, 6.07) is 13.1. The van der Waals surface area contributed by atoms with Gasteiger partial charge in [0.15, 0.2) is 0 Å². The molecule has 0 radical (unpaired) electrons. The van der Waals surface area contributed by atoms with Gasteiger partial charge in [-0.1, -0.05) is 42.5 Å². The normalized spacial score (nSPS) is 14.8. The van der Waals surface area contributed by atoms with E-state index in [1.54, 1.807) is 4.90 Å². The fourth-order valence-electron chi connectivity index (χ4n) is 3.17. The van der Waals surface area contributed by atoms with Gasteiger partial charge in [0.05, 0.1) is 15.9 Å². The lowest BCUT2D eigenvalue weighted by atomic mass is 10.1. The number of nitro groups is 2. The molecule has 0 atom stereocenters. The minimum Gasteiger partial charge on any atom is -0.336 e. The molecule has 0 saturated carbocycles. The summed E-state index contributed by atoms with van der Waals surface area (Å²) in [6.45, 7) is 2.91. The van der Waals surface area contributed by atoms with Crippen LogP contribution in [-0.2, 0) is 0 Å². The smallest absolute Gasteiger partial charge is 0.289 e. The number of piperazine rings is 1. The Balaban J connectivity index is 1.61. The molecule has 1 saturated heterocycles. The van der Waals surface area contributed by atoms with E-state index in [1.165, 1.54) is 0 Å². The fraction of sp³-hybridized carbons (Fsp3) is 0.250. The zero-order valence-electron chi connectivity index (χ0n) is 15.6. The Kier molecular flexibility index (Phi) is 6.30. The van der Waals surface area contributed by atoms with Crippen LogP contribution in [0.4, 0.5) is 11.4 Å². The lowest BCUT2D eigenvalue weighted by Crippen LogP contribution is -2.48. The van der Waals surface area contributed by atoms with Crippen LogP contribution < -0.4 is 0 Å². The van der Waals surface area contributed by atoms with Gasteiger partial charge in [0.25, 0.3) is 17.3 Å². The second-order valence-corrected chi connectivity index (χ2v) is 6.62. The van der Waals surface area contributed by atoms with Crippen LogP contribution in [0.25, 0.3) is 6.08 Å². The SMILES string of the molecule is O=C(c1ccc([N+](=O)[O-])cc1[N+](=O)[O-])N1CCN(CC=Cc2ccccc2)CC1. The van der Waals surface area contributed by atoms with Crippen LogP contribution in [0.2, 0.25) is 0 Å². The molecule has 150 valence electrons. The van der Waals surface area contributed by atoms with E-state index in [4.69, 9.17) is 0 Å². The van der Waals surface area contributed by atoms with Gasteiger partial charge in [-0.3, -0.25) is 29.9 Å². The van der Waals surface area contributed by atoms with E-state index in [2.05, 4.69) is 11.0 Å². The van der Waals surface area contributed by atoms with E-state index in [0.717, 1.165) is 30.3 Å². The first-order chi connectivity index (χ1) is 14.0. The van der Waals surface area contributed by atoms with Crippen LogP contribution in [0.1, 0.15) is 15.9 Å². The van der Waals surface area contributed by atoms with Crippen molar-refractivity contribution in [1.29, 1.82) is 0 Å². The number of amides is 1. The number of hydrogen-bond acceptors (Lipinski definition) is 6. The van der Waals surface area contributed by atoms with Crippen molar-refractivity contribution in [1.82, 2.24) is 9.80 Å². The topological polar surface area (TPSA) is 110 Å². The molecule has 1 amide bonds. The van der Waals surface area contributed by atoms with Crippen molar-refractivity contribution in [3.05, 3.63) is 86.0 Å². The molecule has 3 rings (SSSR count). The number of carbonyl (C=O) groups is 1. The van der Waals surface area contributed by atoms with Gasteiger partial charge in [0.2, 0.25) is 0 Å². The monoisotopic (exact) mass is 396 g/mol. The molecule has 0 aromatic heterocycles. The van der Waals surface area contributed by atoms with Crippen molar-refractivity contribution >= 4 is 23.4 Å². The Morgan fingerprint density at radius 2 is 1.66 bits per heavy atom. The van der Waals surface area contributed by atoms with Crippen molar-refractivity contribution in [3.63, 3.8) is 0 Å². The van der Waals surface area contributed by atoms with E-state index in [-0.39, 0.29) is 5.56 Å². The molecule has 9 nitrogen and oxygen atoms in total. The first-order valence-electron chi connectivity index (χ1n) is 9.12. The third-order valence-electron chi connectivity index (χ3n) is 4.75. The third-order valence-corrected chi connectivity index (χ3v) is 4.75. The molecule has 1 heterocycles. The molecule has 1 aliphatic rings.